The third-order valence-electron chi connectivity index (χ3n) is 4.70. The van der Waals surface area contributed by atoms with Gasteiger partial charge in [-0.2, -0.15) is 0 Å². The van der Waals surface area contributed by atoms with Crippen LogP contribution in [-0.2, 0) is 11.2 Å². The minimum absolute atomic E-state index is 0.219. The first-order valence-corrected chi connectivity index (χ1v) is 9.26. The smallest absolute Gasteiger partial charge is 0.257 e. The number of benzene rings is 2. The van der Waals surface area contributed by atoms with Crippen LogP contribution in [0, 0.1) is 11.6 Å². The van der Waals surface area contributed by atoms with Crippen LogP contribution in [0.1, 0.15) is 15.9 Å². The quantitative estimate of drug-likeness (QED) is 0.846. The second-order valence-electron chi connectivity index (χ2n) is 6.68. The molecule has 0 unspecified atom stereocenters. The molecule has 1 aliphatic rings. The van der Waals surface area contributed by atoms with E-state index in [4.69, 9.17) is 17.3 Å². The molecule has 28 heavy (non-hydrogen) atoms. The average molecular weight is 408 g/mol. The Morgan fingerprint density at radius 2 is 1.71 bits per heavy atom. The zero-order valence-electron chi connectivity index (χ0n) is 15.1. The number of amides is 2. The van der Waals surface area contributed by atoms with E-state index in [1.165, 1.54) is 4.90 Å². The van der Waals surface area contributed by atoms with Crippen LogP contribution < -0.4 is 5.73 Å². The number of halogens is 3. The third-order valence-corrected chi connectivity index (χ3v) is 4.93. The summed E-state index contributed by atoms with van der Waals surface area (Å²) in [4.78, 5) is 28.0. The number of carbonyl (C=O) groups excluding carboxylic acids is 2. The molecule has 1 fully saturated rings. The fraction of sp³-hybridized carbons (Fsp3) is 0.300. The maximum absolute atomic E-state index is 13.8. The Morgan fingerprint density at radius 3 is 2.39 bits per heavy atom. The first kappa shape index (κ1) is 20.2. The lowest BCUT2D eigenvalue weighted by atomic mass is 10.1. The number of hydrogen-bond acceptors (Lipinski definition) is 3. The van der Waals surface area contributed by atoms with Crippen molar-refractivity contribution in [3.8, 4) is 0 Å². The van der Waals surface area contributed by atoms with Crippen LogP contribution in [0.15, 0.2) is 42.5 Å². The predicted octanol–water partition coefficient (Wildman–Crippen LogP) is 2.47. The minimum atomic E-state index is -0.770. The predicted molar refractivity (Wildman–Crippen MR) is 102 cm³/mol. The lowest BCUT2D eigenvalue weighted by molar-refractivity contribution is -0.134. The molecule has 5 nitrogen and oxygen atoms in total. The lowest BCUT2D eigenvalue weighted by Gasteiger charge is -2.36. The molecule has 0 radical (unpaired) electrons. The number of rotatable bonds is 4. The average Bonchev–Trinajstić information content (AvgIpc) is 2.69. The highest BCUT2D eigenvalue weighted by atomic mass is 35.5. The van der Waals surface area contributed by atoms with Crippen molar-refractivity contribution in [3.05, 3.63) is 70.2 Å². The molecule has 1 heterocycles. The Bertz CT molecular complexity index is 886. The van der Waals surface area contributed by atoms with Crippen molar-refractivity contribution in [2.24, 2.45) is 5.73 Å². The monoisotopic (exact) mass is 407 g/mol. The summed E-state index contributed by atoms with van der Waals surface area (Å²) in [6.45, 7) is 1.02. The van der Waals surface area contributed by atoms with Crippen molar-refractivity contribution in [1.82, 2.24) is 9.80 Å². The van der Waals surface area contributed by atoms with Gasteiger partial charge >= 0.3 is 0 Å². The number of hydrogen-bond donors (Lipinski definition) is 1. The van der Waals surface area contributed by atoms with Crippen molar-refractivity contribution in [1.29, 1.82) is 0 Å². The zero-order chi connectivity index (χ0) is 20.3. The maximum Gasteiger partial charge on any atom is 0.257 e. The highest BCUT2D eigenvalue weighted by Crippen LogP contribution is 2.16. The maximum atomic E-state index is 13.8. The van der Waals surface area contributed by atoms with Crippen molar-refractivity contribution >= 4 is 23.4 Å². The van der Waals surface area contributed by atoms with Crippen molar-refractivity contribution in [2.75, 3.05) is 26.2 Å². The van der Waals surface area contributed by atoms with Crippen LogP contribution >= 0.6 is 11.6 Å². The lowest BCUT2D eigenvalue weighted by Crippen LogP contribution is -2.54. The van der Waals surface area contributed by atoms with Crippen LogP contribution in [0.25, 0.3) is 0 Å². The zero-order valence-corrected chi connectivity index (χ0v) is 15.8. The third kappa shape index (κ3) is 4.66. The summed E-state index contributed by atoms with van der Waals surface area (Å²) in [6, 6.07) is 9.21. The Balaban J connectivity index is 1.57. The van der Waals surface area contributed by atoms with Gasteiger partial charge in [-0.1, -0.05) is 23.7 Å². The fourth-order valence-electron chi connectivity index (χ4n) is 3.20. The van der Waals surface area contributed by atoms with Crippen LogP contribution in [0.4, 0.5) is 8.78 Å². The molecule has 2 aromatic carbocycles. The van der Waals surface area contributed by atoms with Gasteiger partial charge in [-0.15, -0.1) is 0 Å². The van der Waals surface area contributed by atoms with Gasteiger partial charge < -0.3 is 15.5 Å². The van der Waals surface area contributed by atoms with Crippen LogP contribution in [0.3, 0.4) is 0 Å². The highest BCUT2D eigenvalue weighted by Gasteiger charge is 2.28. The topological polar surface area (TPSA) is 66.6 Å². The van der Waals surface area contributed by atoms with E-state index in [0.717, 1.165) is 23.8 Å². The minimum Gasteiger partial charge on any atom is -0.338 e. The van der Waals surface area contributed by atoms with Crippen LogP contribution in [-0.4, -0.2) is 53.8 Å². The fourth-order valence-corrected chi connectivity index (χ4v) is 3.41. The Kier molecular flexibility index (Phi) is 6.26. The van der Waals surface area contributed by atoms with Gasteiger partial charge in [0.1, 0.15) is 11.6 Å². The first-order chi connectivity index (χ1) is 13.3. The van der Waals surface area contributed by atoms with E-state index in [1.807, 2.05) is 6.07 Å². The molecule has 1 atom stereocenters. The Labute approximate surface area is 166 Å². The standard InChI is InChI=1S/C20H20ClF2N3O2/c21-14-3-1-2-13(10-14)11-18(24)20(28)26-8-6-25(7-9-26)19(27)16-12-15(22)4-5-17(16)23/h1-5,10,12,18H,6-9,11,24H2/t18-/m1/s1. The molecule has 0 spiro atoms. The largest absolute Gasteiger partial charge is 0.338 e. The van der Waals surface area contributed by atoms with E-state index in [1.54, 1.807) is 23.1 Å². The van der Waals surface area contributed by atoms with Crippen molar-refractivity contribution in [3.63, 3.8) is 0 Å². The van der Waals surface area contributed by atoms with Gasteiger partial charge in [0, 0.05) is 31.2 Å². The number of piperazine rings is 1. The van der Waals surface area contributed by atoms with Gasteiger partial charge in [-0.3, -0.25) is 9.59 Å². The molecule has 0 aromatic heterocycles. The van der Waals surface area contributed by atoms with E-state index in [2.05, 4.69) is 0 Å². The van der Waals surface area contributed by atoms with Gasteiger partial charge in [0.2, 0.25) is 5.91 Å². The van der Waals surface area contributed by atoms with Gasteiger partial charge in [-0.25, -0.2) is 8.78 Å². The summed E-state index contributed by atoms with van der Waals surface area (Å²) in [7, 11) is 0. The molecule has 0 saturated carbocycles. The molecule has 1 aliphatic heterocycles. The van der Waals surface area contributed by atoms with E-state index in [-0.39, 0.29) is 37.6 Å². The van der Waals surface area contributed by atoms with E-state index < -0.39 is 23.6 Å². The van der Waals surface area contributed by atoms with Crippen molar-refractivity contribution < 1.29 is 18.4 Å². The Hall–Kier alpha value is -2.51. The van der Waals surface area contributed by atoms with E-state index >= 15 is 0 Å². The van der Waals surface area contributed by atoms with Gasteiger partial charge in [0.05, 0.1) is 11.6 Å². The highest BCUT2D eigenvalue weighted by molar-refractivity contribution is 6.30. The van der Waals surface area contributed by atoms with Crippen molar-refractivity contribution in [2.45, 2.75) is 12.5 Å². The van der Waals surface area contributed by atoms with E-state index in [9.17, 15) is 18.4 Å². The summed E-state index contributed by atoms with van der Waals surface area (Å²) < 4.78 is 27.1. The second kappa shape index (κ2) is 8.67. The summed E-state index contributed by atoms with van der Waals surface area (Å²) in [5, 5.41) is 0.578. The molecule has 2 aromatic rings. The Morgan fingerprint density at radius 1 is 1.04 bits per heavy atom. The SMILES string of the molecule is N[C@H](Cc1cccc(Cl)c1)C(=O)N1CCN(C(=O)c2cc(F)ccc2F)CC1. The molecule has 148 valence electrons. The molecule has 8 heteroatoms. The number of carbonyl (C=O) groups is 2. The van der Waals surface area contributed by atoms with Gasteiger partial charge in [-0.05, 0) is 42.3 Å². The first-order valence-electron chi connectivity index (χ1n) is 8.88. The molecule has 0 bridgehead atoms. The number of nitrogens with two attached hydrogens (primary N) is 1. The molecular formula is C20H20ClF2N3O2. The summed E-state index contributed by atoms with van der Waals surface area (Å²) in [6.07, 6.45) is 0.354. The molecular weight excluding hydrogens is 388 g/mol. The van der Waals surface area contributed by atoms with Gasteiger partial charge in [0.15, 0.2) is 0 Å². The van der Waals surface area contributed by atoms with E-state index in [0.29, 0.717) is 11.4 Å². The summed E-state index contributed by atoms with van der Waals surface area (Å²) in [5.74, 6) is -2.25. The van der Waals surface area contributed by atoms with Crippen LogP contribution in [0.5, 0.6) is 0 Å². The summed E-state index contributed by atoms with van der Waals surface area (Å²) in [5.41, 5.74) is 6.60. The van der Waals surface area contributed by atoms with Gasteiger partial charge in [0.25, 0.3) is 5.91 Å². The molecule has 2 N–H and O–H groups in total. The van der Waals surface area contributed by atoms with Crippen LogP contribution in [0.2, 0.25) is 5.02 Å². The summed E-state index contributed by atoms with van der Waals surface area (Å²) >= 11 is 5.95. The normalized spacial score (nSPS) is 15.4. The second-order valence-corrected chi connectivity index (χ2v) is 7.12. The molecule has 2 amide bonds. The molecule has 3 rings (SSSR count). The number of nitrogens with zero attached hydrogens (tertiary/aromatic N) is 2. The molecule has 1 saturated heterocycles. The molecule has 0 aliphatic carbocycles.